The van der Waals surface area contributed by atoms with Gasteiger partial charge >= 0.3 is 0 Å². The van der Waals surface area contributed by atoms with E-state index >= 15 is 0 Å². The van der Waals surface area contributed by atoms with Gasteiger partial charge in [0.1, 0.15) is 11.6 Å². The van der Waals surface area contributed by atoms with Crippen molar-refractivity contribution in [3.8, 4) is 5.75 Å². The molecule has 1 heterocycles. The summed E-state index contributed by atoms with van der Waals surface area (Å²) in [7, 11) is 1.68. The Morgan fingerprint density at radius 1 is 0.962 bits per heavy atom. The van der Waals surface area contributed by atoms with E-state index in [0.717, 1.165) is 48.5 Å². The maximum atomic E-state index is 5.20. The van der Waals surface area contributed by atoms with Crippen LogP contribution in [0.15, 0.2) is 48.5 Å². The van der Waals surface area contributed by atoms with E-state index in [1.54, 1.807) is 7.11 Å². The Morgan fingerprint density at radius 3 is 2.38 bits per heavy atom. The highest BCUT2D eigenvalue weighted by molar-refractivity contribution is 5.90. The second-order valence-corrected chi connectivity index (χ2v) is 6.09. The van der Waals surface area contributed by atoms with Gasteiger partial charge < -0.3 is 15.0 Å². The van der Waals surface area contributed by atoms with E-state index in [1.807, 2.05) is 30.3 Å². The lowest BCUT2D eigenvalue weighted by Gasteiger charge is -2.22. The molecule has 0 saturated carbocycles. The molecule has 1 N–H and O–H groups in total. The van der Waals surface area contributed by atoms with Crippen LogP contribution < -0.4 is 15.0 Å². The first-order chi connectivity index (χ1) is 12.7. The van der Waals surface area contributed by atoms with Crippen LogP contribution in [0.2, 0.25) is 0 Å². The van der Waals surface area contributed by atoms with Gasteiger partial charge in [0.15, 0.2) is 0 Å². The van der Waals surface area contributed by atoms with Crippen LogP contribution in [-0.4, -0.2) is 36.7 Å². The predicted molar refractivity (Wildman–Crippen MR) is 108 cm³/mol. The smallest absolute Gasteiger partial charge is 0.225 e. The number of para-hydroxylation sites is 1. The minimum Gasteiger partial charge on any atom is -0.497 e. The van der Waals surface area contributed by atoms with E-state index in [0.29, 0.717) is 5.95 Å². The average Bonchev–Trinajstić information content (AvgIpc) is 2.69. The molecule has 3 aromatic rings. The molecule has 0 spiro atoms. The second-order valence-electron chi connectivity index (χ2n) is 6.09. The van der Waals surface area contributed by atoms with E-state index < -0.39 is 0 Å². The van der Waals surface area contributed by atoms with E-state index in [1.165, 1.54) is 5.56 Å². The first-order valence-electron chi connectivity index (χ1n) is 9.13. The van der Waals surface area contributed by atoms with E-state index in [9.17, 15) is 0 Å². The number of rotatable bonds is 8. The molecule has 1 aromatic heterocycles. The molecule has 136 valence electrons. The van der Waals surface area contributed by atoms with Crippen molar-refractivity contribution in [1.29, 1.82) is 0 Å². The first kappa shape index (κ1) is 18.0. The predicted octanol–water partition coefficient (Wildman–Crippen LogP) is 4.14. The van der Waals surface area contributed by atoms with E-state index in [4.69, 9.17) is 9.72 Å². The van der Waals surface area contributed by atoms with Crippen molar-refractivity contribution in [2.45, 2.75) is 20.3 Å². The highest BCUT2D eigenvalue weighted by Gasteiger charge is 2.12. The zero-order valence-corrected chi connectivity index (χ0v) is 15.7. The molecule has 0 bridgehead atoms. The number of nitrogens with one attached hydrogen (secondary N) is 1. The number of hydrogen-bond acceptors (Lipinski definition) is 5. The van der Waals surface area contributed by atoms with Crippen molar-refractivity contribution < 1.29 is 4.74 Å². The lowest BCUT2D eigenvalue weighted by Crippen LogP contribution is -2.24. The lowest BCUT2D eigenvalue weighted by molar-refractivity contribution is 0.414. The fourth-order valence-corrected chi connectivity index (χ4v) is 3.01. The van der Waals surface area contributed by atoms with Crippen molar-refractivity contribution >= 4 is 22.7 Å². The molecule has 26 heavy (non-hydrogen) atoms. The molecule has 5 nitrogen and oxygen atoms in total. The fourth-order valence-electron chi connectivity index (χ4n) is 3.01. The number of anilines is 2. The van der Waals surface area contributed by atoms with Gasteiger partial charge in [-0.05, 0) is 50.1 Å². The summed E-state index contributed by atoms with van der Waals surface area (Å²) in [6.07, 6.45) is 0.904. The Labute approximate surface area is 155 Å². The van der Waals surface area contributed by atoms with Crippen molar-refractivity contribution in [2.75, 3.05) is 37.0 Å². The SMILES string of the molecule is CCN(CC)c1nc(NCCc2ccc(OC)cc2)nc2ccccc12. The maximum Gasteiger partial charge on any atom is 0.225 e. The minimum atomic E-state index is 0.680. The number of fused-ring (bicyclic) bond motifs is 1. The van der Waals surface area contributed by atoms with Gasteiger partial charge in [-0.1, -0.05) is 24.3 Å². The summed E-state index contributed by atoms with van der Waals surface area (Å²) < 4.78 is 5.20. The molecule has 0 amide bonds. The third-order valence-electron chi connectivity index (χ3n) is 4.50. The van der Waals surface area contributed by atoms with Crippen molar-refractivity contribution in [1.82, 2.24) is 9.97 Å². The molecular formula is C21H26N4O. The highest BCUT2D eigenvalue weighted by Crippen LogP contribution is 2.25. The summed E-state index contributed by atoms with van der Waals surface area (Å²) in [6, 6.07) is 16.3. The average molecular weight is 350 g/mol. The molecule has 0 saturated heterocycles. The molecule has 2 aromatic carbocycles. The van der Waals surface area contributed by atoms with Gasteiger partial charge in [0, 0.05) is 25.0 Å². The van der Waals surface area contributed by atoms with Crippen LogP contribution in [0.5, 0.6) is 5.75 Å². The summed E-state index contributed by atoms with van der Waals surface area (Å²) in [5, 5.41) is 4.47. The van der Waals surface area contributed by atoms with Crippen LogP contribution in [0.3, 0.4) is 0 Å². The number of nitrogens with zero attached hydrogens (tertiary/aromatic N) is 3. The van der Waals surface area contributed by atoms with Crippen molar-refractivity contribution in [3.05, 3.63) is 54.1 Å². The van der Waals surface area contributed by atoms with Gasteiger partial charge in [-0.3, -0.25) is 0 Å². The van der Waals surface area contributed by atoms with Gasteiger partial charge in [0.05, 0.1) is 12.6 Å². The molecule has 3 rings (SSSR count). The molecule has 0 atom stereocenters. The number of benzene rings is 2. The standard InChI is InChI=1S/C21H26N4O/c1-4-25(5-2)20-18-8-6-7-9-19(18)23-21(24-20)22-15-14-16-10-12-17(26-3)13-11-16/h6-13H,4-5,14-15H2,1-3H3,(H,22,23,24). The van der Waals surface area contributed by atoms with Crippen LogP contribution in [0, 0.1) is 0 Å². The molecular weight excluding hydrogens is 324 g/mol. The number of hydrogen-bond donors (Lipinski definition) is 1. The third kappa shape index (κ3) is 4.04. The van der Waals surface area contributed by atoms with Crippen LogP contribution in [0.1, 0.15) is 19.4 Å². The summed E-state index contributed by atoms with van der Waals surface area (Å²) in [6.45, 7) is 6.92. The number of ether oxygens (including phenoxy) is 1. The van der Waals surface area contributed by atoms with Gasteiger partial charge in [-0.2, -0.15) is 4.98 Å². The molecule has 0 fully saturated rings. The Bertz CT molecular complexity index is 844. The fraction of sp³-hybridized carbons (Fsp3) is 0.333. The van der Waals surface area contributed by atoms with E-state index in [-0.39, 0.29) is 0 Å². The van der Waals surface area contributed by atoms with Crippen LogP contribution >= 0.6 is 0 Å². The van der Waals surface area contributed by atoms with Gasteiger partial charge in [0.2, 0.25) is 5.95 Å². The largest absolute Gasteiger partial charge is 0.497 e. The monoisotopic (exact) mass is 350 g/mol. The Hall–Kier alpha value is -2.82. The van der Waals surface area contributed by atoms with Crippen LogP contribution in [-0.2, 0) is 6.42 Å². The highest BCUT2D eigenvalue weighted by atomic mass is 16.5. The second kappa shape index (κ2) is 8.52. The maximum absolute atomic E-state index is 5.20. The Kier molecular flexibility index (Phi) is 5.89. The zero-order chi connectivity index (χ0) is 18.4. The van der Waals surface area contributed by atoms with Gasteiger partial charge in [-0.15, -0.1) is 0 Å². The van der Waals surface area contributed by atoms with Crippen molar-refractivity contribution in [2.24, 2.45) is 0 Å². The Morgan fingerprint density at radius 2 is 1.69 bits per heavy atom. The molecule has 0 radical (unpaired) electrons. The molecule has 0 aliphatic carbocycles. The normalized spacial score (nSPS) is 10.7. The third-order valence-corrected chi connectivity index (χ3v) is 4.50. The molecule has 0 aliphatic heterocycles. The van der Waals surface area contributed by atoms with Gasteiger partial charge in [0.25, 0.3) is 0 Å². The zero-order valence-electron chi connectivity index (χ0n) is 15.7. The topological polar surface area (TPSA) is 50.3 Å². The molecule has 0 aliphatic rings. The summed E-state index contributed by atoms with van der Waals surface area (Å²) in [4.78, 5) is 11.7. The molecule has 0 unspecified atom stereocenters. The lowest BCUT2D eigenvalue weighted by atomic mass is 10.1. The summed E-state index contributed by atoms with van der Waals surface area (Å²) >= 11 is 0. The molecule has 5 heteroatoms. The van der Waals surface area contributed by atoms with Crippen LogP contribution in [0.4, 0.5) is 11.8 Å². The van der Waals surface area contributed by atoms with Crippen molar-refractivity contribution in [3.63, 3.8) is 0 Å². The minimum absolute atomic E-state index is 0.680. The first-order valence-corrected chi connectivity index (χ1v) is 9.13. The van der Waals surface area contributed by atoms with Crippen LogP contribution in [0.25, 0.3) is 10.9 Å². The Balaban J connectivity index is 1.76. The quantitative estimate of drug-likeness (QED) is 0.662. The number of aromatic nitrogens is 2. The van der Waals surface area contributed by atoms with E-state index in [2.05, 4.69) is 47.2 Å². The summed E-state index contributed by atoms with van der Waals surface area (Å²) in [5.41, 5.74) is 2.22. The summed E-state index contributed by atoms with van der Waals surface area (Å²) in [5.74, 6) is 2.55. The van der Waals surface area contributed by atoms with Gasteiger partial charge in [-0.25, -0.2) is 4.98 Å². The number of methoxy groups -OCH3 is 1.